The van der Waals surface area contributed by atoms with Crippen LogP contribution in [0.3, 0.4) is 0 Å². The van der Waals surface area contributed by atoms with Crippen molar-refractivity contribution in [1.29, 1.82) is 0 Å². The molecule has 1 unspecified atom stereocenters. The number of amides is 2. The van der Waals surface area contributed by atoms with Gasteiger partial charge >= 0.3 is 6.03 Å². The van der Waals surface area contributed by atoms with Gasteiger partial charge in [0, 0.05) is 18.5 Å². The van der Waals surface area contributed by atoms with Gasteiger partial charge in [0.15, 0.2) is 11.4 Å². The molecule has 0 spiro atoms. The number of hydrogen-bond donors (Lipinski definition) is 4. The summed E-state index contributed by atoms with van der Waals surface area (Å²) >= 11 is 0. The highest BCUT2D eigenvalue weighted by Gasteiger charge is 2.43. The lowest BCUT2D eigenvalue weighted by Crippen LogP contribution is -2.66. The molecule has 8 nitrogen and oxygen atoms in total. The zero-order valence-corrected chi connectivity index (χ0v) is 12.0. The maximum absolute atomic E-state index is 12.1. The molecule has 0 aromatic carbocycles. The van der Waals surface area contributed by atoms with E-state index in [0.29, 0.717) is 0 Å². The highest BCUT2D eigenvalue weighted by molar-refractivity contribution is 5.96. The Bertz CT molecular complexity index is 467. The summed E-state index contributed by atoms with van der Waals surface area (Å²) in [7, 11) is 0. The Hall–Kier alpha value is -1.48. The lowest BCUT2D eigenvalue weighted by Gasteiger charge is -2.36. The van der Waals surface area contributed by atoms with Crippen molar-refractivity contribution < 1.29 is 24.5 Å². The lowest BCUT2D eigenvalue weighted by molar-refractivity contribution is -0.126. The summed E-state index contributed by atoms with van der Waals surface area (Å²) in [5.74, 6) is -0.623. The van der Waals surface area contributed by atoms with E-state index in [-0.39, 0.29) is 24.7 Å². The van der Waals surface area contributed by atoms with Crippen LogP contribution in [0, 0.1) is 5.92 Å². The summed E-state index contributed by atoms with van der Waals surface area (Å²) in [6.07, 6.45) is 0.696. The van der Waals surface area contributed by atoms with Gasteiger partial charge in [0.05, 0.1) is 12.7 Å². The Labute approximate surface area is 122 Å². The van der Waals surface area contributed by atoms with Crippen LogP contribution in [0.25, 0.3) is 0 Å². The fourth-order valence-electron chi connectivity index (χ4n) is 2.45. The Morgan fingerprint density at radius 3 is 2.81 bits per heavy atom. The van der Waals surface area contributed by atoms with Crippen LogP contribution in [0.4, 0.5) is 4.79 Å². The first-order valence-electron chi connectivity index (χ1n) is 6.86. The van der Waals surface area contributed by atoms with Gasteiger partial charge in [0.25, 0.3) is 0 Å². The standard InChI is InChI=1S/C13H21N3O5/c1-7(2)11(19)13(14)3-4-16(12(20)15-13)10-5-8(18)9(6-17)21-10/h3-4,7-10,17-18H,5-6,14H2,1-2H3,(H,15,20)/t8-,9+,10+,13?/m0/s1. The van der Waals surface area contributed by atoms with E-state index in [1.807, 2.05) is 0 Å². The molecule has 0 aliphatic carbocycles. The van der Waals surface area contributed by atoms with E-state index < -0.39 is 30.1 Å². The molecular weight excluding hydrogens is 278 g/mol. The molecule has 8 heteroatoms. The minimum Gasteiger partial charge on any atom is -0.394 e. The number of hydrogen-bond acceptors (Lipinski definition) is 6. The predicted molar refractivity (Wildman–Crippen MR) is 72.6 cm³/mol. The van der Waals surface area contributed by atoms with Crippen LogP contribution in [-0.2, 0) is 9.53 Å². The molecule has 2 heterocycles. The molecule has 2 rings (SSSR count). The molecule has 2 aliphatic heterocycles. The van der Waals surface area contributed by atoms with Crippen molar-refractivity contribution in [2.75, 3.05) is 6.61 Å². The molecule has 0 aromatic rings. The number of Topliss-reactive ketones (excluding diaryl/α,β-unsaturated/α-hetero) is 1. The number of nitrogens with one attached hydrogen (secondary N) is 1. The van der Waals surface area contributed by atoms with Crippen LogP contribution < -0.4 is 11.1 Å². The molecule has 118 valence electrons. The third kappa shape index (κ3) is 2.93. The minimum absolute atomic E-state index is 0.179. The van der Waals surface area contributed by atoms with Crippen LogP contribution in [0.5, 0.6) is 0 Å². The summed E-state index contributed by atoms with van der Waals surface area (Å²) in [6.45, 7) is 3.07. The molecular formula is C13H21N3O5. The number of urea groups is 1. The number of rotatable bonds is 4. The van der Waals surface area contributed by atoms with Crippen molar-refractivity contribution in [2.24, 2.45) is 11.7 Å². The second kappa shape index (κ2) is 5.72. The molecule has 0 aromatic heterocycles. The fourth-order valence-corrected chi connectivity index (χ4v) is 2.45. The zero-order valence-electron chi connectivity index (χ0n) is 12.0. The fraction of sp³-hybridized carbons (Fsp3) is 0.692. The number of aliphatic hydroxyl groups excluding tert-OH is 2. The molecule has 4 atom stereocenters. The van der Waals surface area contributed by atoms with E-state index in [4.69, 9.17) is 15.6 Å². The van der Waals surface area contributed by atoms with Crippen LogP contribution in [0.1, 0.15) is 20.3 Å². The van der Waals surface area contributed by atoms with Crippen molar-refractivity contribution in [3.63, 3.8) is 0 Å². The van der Waals surface area contributed by atoms with Gasteiger partial charge < -0.3 is 20.3 Å². The van der Waals surface area contributed by atoms with Crippen molar-refractivity contribution in [2.45, 2.75) is 44.4 Å². The number of aliphatic hydroxyl groups is 2. The topological polar surface area (TPSA) is 125 Å². The molecule has 0 bridgehead atoms. The number of carbonyl (C=O) groups excluding carboxylic acids is 2. The Morgan fingerprint density at radius 2 is 2.33 bits per heavy atom. The number of ether oxygens (including phenoxy) is 1. The first-order chi connectivity index (χ1) is 9.78. The van der Waals surface area contributed by atoms with Gasteiger partial charge in [-0.05, 0) is 6.08 Å². The first-order valence-corrected chi connectivity index (χ1v) is 6.86. The quantitative estimate of drug-likeness (QED) is 0.521. The lowest BCUT2D eigenvalue weighted by atomic mass is 9.95. The molecule has 0 saturated carbocycles. The van der Waals surface area contributed by atoms with Gasteiger partial charge in [-0.3, -0.25) is 15.4 Å². The van der Waals surface area contributed by atoms with Crippen molar-refractivity contribution >= 4 is 11.8 Å². The minimum atomic E-state index is -1.53. The monoisotopic (exact) mass is 299 g/mol. The maximum atomic E-state index is 12.1. The average Bonchev–Trinajstić information content (AvgIpc) is 2.78. The Morgan fingerprint density at radius 1 is 1.67 bits per heavy atom. The SMILES string of the molecule is CC(C)C(=O)C1(N)C=CN([C@H]2C[C@H](O)[C@@H](CO)O2)C(=O)N1. The summed E-state index contributed by atoms with van der Waals surface area (Å²) in [4.78, 5) is 25.4. The summed E-state index contributed by atoms with van der Waals surface area (Å²) in [5, 5.41) is 21.2. The summed E-state index contributed by atoms with van der Waals surface area (Å²) in [6, 6.07) is -0.579. The van der Waals surface area contributed by atoms with Crippen LogP contribution >= 0.6 is 0 Å². The smallest absolute Gasteiger partial charge is 0.325 e. The van der Waals surface area contributed by atoms with Gasteiger partial charge in [-0.1, -0.05) is 13.8 Å². The van der Waals surface area contributed by atoms with Gasteiger partial charge in [-0.15, -0.1) is 0 Å². The second-order valence-corrected chi connectivity index (χ2v) is 5.66. The van der Waals surface area contributed by atoms with Crippen LogP contribution in [-0.4, -0.2) is 57.6 Å². The molecule has 5 N–H and O–H groups in total. The van der Waals surface area contributed by atoms with Crippen LogP contribution in [0.2, 0.25) is 0 Å². The number of nitrogens with zero attached hydrogens (tertiary/aromatic N) is 1. The zero-order chi connectivity index (χ0) is 15.8. The number of ketones is 1. The highest BCUT2D eigenvalue weighted by atomic mass is 16.5. The number of carbonyl (C=O) groups is 2. The normalized spacial score (nSPS) is 36.2. The molecule has 1 saturated heterocycles. The first kappa shape index (κ1) is 15.9. The van der Waals surface area contributed by atoms with Crippen molar-refractivity contribution in [3.05, 3.63) is 12.3 Å². The van der Waals surface area contributed by atoms with E-state index in [0.717, 1.165) is 0 Å². The van der Waals surface area contributed by atoms with E-state index >= 15 is 0 Å². The maximum Gasteiger partial charge on any atom is 0.325 e. The largest absolute Gasteiger partial charge is 0.394 e. The second-order valence-electron chi connectivity index (χ2n) is 5.66. The van der Waals surface area contributed by atoms with Gasteiger partial charge in [-0.2, -0.15) is 0 Å². The molecule has 21 heavy (non-hydrogen) atoms. The Kier molecular flexibility index (Phi) is 4.33. The molecule has 2 amide bonds. The highest BCUT2D eigenvalue weighted by Crippen LogP contribution is 2.26. The summed E-state index contributed by atoms with van der Waals surface area (Å²) < 4.78 is 5.40. The van der Waals surface area contributed by atoms with Crippen LogP contribution in [0.15, 0.2) is 12.3 Å². The third-order valence-electron chi connectivity index (χ3n) is 3.67. The molecule has 1 fully saturated rings. The summed E-state index contributed by atoms with van der Waals surface area (Å²) in [5.41, 5.74) is 4.38. The van der Waals surface area contributed by atoms with Crippen molar-refractivity contribution in [1.82, 2.24) is 10.2 Å². The van der Waals surface area contributed by atoms with E-state index in [2.05, 4.69) is 5.32 Å². The van der Waals surface area contributed by atoms with Gasteiger partial charge in [0.2, 0.25) is 0 Å². The van der Waals surface area contributed by atoms with Gasteiger partial charge in [0.1, 0.15) is 12.3 Å². The van der Waals surface area contributed by atoms with Crippen molar-refractivity contribution in [3.8, 4) is 0 Å². The molecule has 2 aliphatic rings. The number of nitrogens with two attached hydrogens (primary N) is 1. The van der Waals surface area contributed by atoms with E-state index in [1.165, 1.54) is 17.2 Å². The van der Waals surface area contributed by atoms with E-state index in [9.17, 15) is 14.7 Å². The third-order valence-corrected chi connectivity index (χ3v) is 3.67. The Balaban J connectivity index is 2.13. The molecule has 0 radical (unpaired) electrons. The van der Waals surface area contributed by atoms with Gasteiger partial charge in [-0.25, -0.2) is 4.79 Å². The van der Waals surface area contributed by atoms with E-state index in [1.54, 1.807) is 13.8 Å². The predicted octanol–water partition coefficient (Wildman–Crippen LogP) is -1.13. The average molecular weight is 299 g/mol.